The van der Waals surface area contributed by atoms with E-state index < -0.39 is 0 Å². The van der Waals surface area contributed by atoms with Crippen LogP contribution < -0.4 is 11.5 Å². The molecule has 0 radical (unpaired) electrons. The van der Waals surface area contributed by atoms with Gasteiger partial charge in [-0.1, -0.05) is 32.9 Å². The van der Waals surface area contributed by atoms with E-state index in [2.05, 4.69) is 20.8 Å². The van der Waals surface area contributed by atoms with E-state index in [1.54, 1.807) is 30.3 Å². The van der Waals surface area contributed by atoms with Gasteiger partial charge in [0.25, 0.3) is 0 Å². The molecule has 2 aromatic rings. The molecule has 0 aromatic heterocycles. The van der Waals surface area contributed by atoms with Crippen molar-refractivity contribution in [2.45, 2.75) is 45.7 Å². The van der Waals surface area contributed by atoms with Crippen LogP contribution in [0.25, 0.3) is 0 Å². The van der Waals surface area contributed by atoms with Crippen molar-refractivity contribution in [1.29, 1.82) is 0 Å². The van der Waals surface area contributed by atoms with Crippen LogP contribution in [0.4, 0.5) is 11.4 Å². The van der Waals surface area contributed by atoms with E-state index in [1.807, 2.05) is 6.07 Å². The summed E-state index contributed by atoms with van der Waals surface area (Å²) in [5, 5.41) is 31.9. The Morgan fingerprint density at radius 1 is 0.963 bits per heavy atom. The van der Waals surface area contributed by atoms with Gasteiger partial charge >= 0.3 is 0 Å². The van der Waals surface area contributed by atoms with Crippen LogP contribution in [0.5, 0.6) is 11.5 Å². The van der Waals surface area contributed by atoms with Crippen LogP contribution in [0.3, 0.4) is 0 Å². The van der Waals surface area contributed by atoms with E-state index in [9.17, 15) is 15.4 Å². The summed E-state index contributed by atoms with van der Waals surface area (Å²) in [5.74, 6) is 0.269. The average Bonchev–Trinajstić information content (AvgIpc) is 2.87. The largest absolute Gasteiger partial charge is 0.506 e. The van der Waals surface area contributed by atoms with Crippen molar-refractivity contribution in [2.24, 2.45) is 11.3 Å². The van der Waals surface area contributed by atoms with E-state index >= 15 is 0 Å². The third-order valence-corrected chi connectivity index (χ3v) is 5.28. The molecule has 146 valence electrons. The van der Waals surface area contributed by atoms with Gasteiger partial charge in [-0.25, -0.2) is 0 Å². The van der Waals surface area contributed by atoms with E-state index in [4.69, 9.17) is 11.5 Å². The number of aromatic hydroxyl groups is 2. The van der Waals surface area contributed by atoms with Gasteiger partial charge in [-0.3, -0.25) is 0 Å². The average molecular weight is 371 g/mol. The molecule has 6 nitrogen and oxygen atoms in total. The van der Waals surface area contributed by atoms with Crippen LogP contribution >= 0.6 is 0 Å². The zero-order chi connectivity index (χ0) is 19.9. The van der Waals surface area contributed by atoms with Crippen LogP contribution in [0, 0.1) is 11.3 Å². The molecule has 2 aromatic carbocycles. The van der Waals surface area contributed by atoms with Gasteiger partial charge < -0.3 is 26.9 Å². The summed E-state index contributed by atoms with van der Waals surface area (Å²) in [6.07, 6.45) is 1.67. The maximum Gasteiger partial charge on any atom is 0.138 e. The Morgan fingerprint density at radius 3 is 2.00 bits per heavy atom. The molecule has 0 saturated carbocycles. The Kier molecular flexibility index (Phi) is 4.97. The maximum absolute atomic E-state index is 11.1. The third-order valence-electron chi connectivity index (χ3n) is 5.28. The lowest BCUT2D eigenvalue weighted by molar-refractivity contribution is -0.142. The fraction of sp³-hybridized carbons (Fsp3) is 0.429. The van der Waals surface area contributed by atoms with Crippen LogP contribution in [0.15, 0.2) is 36.4 Å². The number of anilines is 2. The van der Waals surface area contributed by atoms with Crippen molar-refractivity contribution >= 4 is 11.4 Å². The monoisotopic (exact) mass is 371 g/mol. The normalized spacial score (nSPS) is 23.6. The Morgan fingerprint density at radius 2 is 1.48 bits per heavy atom. The van der Waals surface area contributed by atoms with Crippen LogP contribution in [0.1, 0.15) is 56.8 Å². The molecule has 27 heavy (non-hydrogen) atoms. The van der Waals surface area contributed by atoms with Crippen molar-refractivity contribution in [3.05, 3.63) is 47.5 Å². The molecule has 1 heterocycles. The molecule has 0 bridgehead atoms. The minimum atomic E-state index is -0.243. The zero-order valence-electron chi connectivity index (χ0n) is 16.1. The van der Waals surface area contributed by atoms with Crippen molar-refractivity contribution in [1.82, 2.24) is 5.06 Å². The molecule has 0 amide bonds. The highest BCUT2D eigenvalue weighted by atomic mass is 16.5. The van der Waals surface area contributed by atoms with Gasteiger partial charge in [0.1, 0.15) is 11.5 Å². The van der Waals surface area contributed by atoms with E-state index in [0.717, 1.165) is 24.0 Å². The quantitative estimate of drug-likeness (QED) is 0.408. The molecule has 6 heteroatoms. The van der Waals surface area contributed by atoms with Crippen LogP contribution in [-0.4, -0.2) is 20.5 Å². The molecule has 0 aliphatic carbocycles. The second-order valence-corrected chi connectivity index (χ2v) is 8.74. The molecule has 1 aliphatic rings. The number of nitrogens with zero attached hydrogens (tertiary/aromatic N) is 1. The predicted molar refractivity (Wildman–Crippen MR) is 106 cm³/mol. The number of phenolic OH excluding ortho intramolecular Hbond substituents is 2. The molecule has 0 spiro atoms. The molecule has 1 fully saturated rings. The van der Waals surface area contributed by atoms with Gasteiger partial charge in [-0.05, 0) is 59.6 Å². The standard InChI is InChI=1S/C21H29N3O3/c1-21(2,3)11-14-10-17(12-4-6-18(25)15(22)8-12)24(27)20(14)13-5-7-19(26)16(23)9-13/h4-9,14,17,20,25-27H,10-11,22-23H2,1-3H3. The number of hydrogen-bond donors (Lipinski definition) is 5. The van der Waals surface area contributed by atoms with Crippen LogP contribution in [-0.2, 0) is 0 Å². The Hall–Kier alpha value is -2.44. The highest BCUT2D eigenvalue weighted by molar-refractivity contribution is 5.55. The van der Waals surface area contributed by atoms with Gasteiger partial charge in [0.05, 0.1) is 23.5 Å². The summed E-state index contributed by atoms with van der Waals surface area (Å²) < 4.78 is 0. The first-order chi connectivity index (χ1) is 12.6. The molecule has 3 rings (SSSR count). The number of phenols is 2. The zero-order valence-corrected chi connectivity index (χ0v) is 16.1. The summed E-state index contributed by atoms with van der Waals surface area (Å²) >= 11 is 0. The first-order valence-electron chi connectivity index (χ1n) is 9.21. The molecule has 1 aliphatic heterocycles. The number of hydroxylamine groups is 2. The lowest BCUT2D eigenvalue weighted by Gasteiger charge is -2.30. The van der Waals surface area contributed by atoms with Gasteiger partial charge in [0, 0.05) is 0 Å². The summed E-state index contributed by atoms with van der Waals surface area (Å²) in [7, 11) is 0. The van der Waals surface area contributed by atoms with Gasteiger partial charge in [0.2, 0.25) is 0 Å². The fourth-order valence-electron chi connectivity index (χ4n) is 4.17. The highest BCUT2D eigenvalue weighted by Gasteiger charge is 2.43. The van der Waals surface area contributed by atoms with Crippen molar-refractivity contribution < 1.29 is 15.4 Å². The molecule has 3 unspecified atom stereocenters. The summed E-state index contributed by atoms with van der Waals surface area (Å²) in [6, 6.07) is 9.69. The molecule has 3 atom stereocenters. The molecular formula is C21H29N3O3. The van der Waals surface area contributed by atoms with Crippen molar-refractivity contribution in [3.8, 4) is 11.5 Å². The van der Waals surface area contributed by atoms with Crippen LogP contribution in [0.2, 0.25) is 0 Å². The molecule has 1 saturated heterocycles. The lowest BCUT2D eigenvalue weighted by atomic mass is 9.79. The summed E-state index contributed by atoms with van der Waals surface area (Å²) in [6.45, 7) is 6.55. The predicted octanol–water partition coefficient (Wildman–Crippen LogP) is 4.19. The second-order valence-electron chi connectivity index (χ2n) is 8.74. The molecular weight excluding hydrogens is 342 g/mol. The Balaban J connectivity index is 1.99. The Bertz CT molecular complexity index is 832. The maximum atomic E-state index is 11.1. The molecule has 7 N–H and O–H groups in total. The number of nitrogen functional groups attached to an aromatic ring is 2. The Labute approximate surface area is 160 Å². The second kappa shape index (κ2) is 6.94. The number of rotatable bonds is 3. The van der Waals surface area contributed by atoms with E-state index in [1.165, 1.54) is 5.06 Å². The topological polar surface area (TPSA) is 116 Å². The minimum absolute atomic E-state index is 0.0373. The van der Waals surface area contributed by atoms with E-state index in [-0.39, 0.29) is 34.9 Å². The number of nitrogens with two attached hydrogens (primary N) is 2. The van der Waals surface area contributed by atoms with Crippen molar-refractivity contribution in [2.75, 3.05) is 11.5 Å². The fourth-order valence-corrected chi connectivity index (χ4v) is 4.17. The SMILES string of the molecule is CC(C)(C)CC1CC(c2ccc(O)c(N)c2)N(O)C1c1ccc(O)c(N)c1. The van der Waals surface area contributed by atoms with E-state index in [0.29, 0.717) is 11.4 Å². The van der Waals surface area contributed by atoms with Gasteiger partial charge in [-0.2, -0.15) is 5.06 Å². The van der Waals surface area contributed by atoms with Gasteiger partial charge in [0.15, 0.2) is 0 Å². The lowest BCUT2D eigenvalue weighted by Crippen LogP contribution is -2.25. The first-order valence-corrected chi connectivity index (χ1v) is 9.21. The summed E-state index contributed by atoms with van der Waals surface area (Å²) in [4.78, 5) is 0. The first kappa shape index (κ1) is 19.3. The third kappa shape index (κ3) is 3.96. The van der Waals surface area contributed by atoms with Gasteiger partial charge in [-0.15, -0.1) is 0 Å². The number of benzene rings is 2. The highest BCUT2D eigenvalue weighted by Crippen LogP contribution is 2.51. The number of hydrogen-bond acceptors (Lipinski definition) is 6. The van der Waals surface area contributed by atoms with Crippen molar-refractivity contribution in [3.63, 3.8) is 0 Å². The summed E-state index contributed by atoms with van der Waals surface area (Å²) in [5.41, 5.74) is 14.2. The minimum Gasteiger partial charge on any atom is -0.506 e. The smallest absolute Gasteiger partial charge is 0.138 e.